The standard InChI is InChI=1S/C15H22ClN3O3/c1-10-8-12(13(22-2)9-11(10)16)19-14(20)6-4-3-5-7-18-15(17)21/h8-9H,3-7H2,1-2H3,(H,19,20)(H3,17,18,21). The molecule has 0 radical (unpaired) electrons. The molecule has 0 aromatic heterocycles. The lowest BCUT2D eigenvalue weighted by Crippen LogP contribution is -2.29. The zero-order chi connectivity index (χ0) is 16.5. The number of nitrogens with one attached hydrogen (secondary N) is 2. The zero-order valence-corrected chi connectivity index (χ0v) is 13.6. The predicted molar refractivity (Wildman–Crippen MR) is 87.4 cm³/mol. The van der Waals surface area contributed by atoms with Gasteiger partial charge >= 0.3 is 6.03 Å². The van der Waals surface area contributed by atoms with Crippen molar-refractivity contribution in [1.82, 2.24) is 5.32 Å². The van der Waals surface area contributed by atoms with Crippen molar-refractivity contribution in [2.75, 3.05) is 19.0 Å². The molecule has 0 aliphatic heterocycles. The summed E-state index contributed by atoms with van der Waals surface area (Å²) in [5.41, 5.74) is 6.44. The third kappa shape index (κ3) is 6.22. The van der Waals surface area contributed by atoms with Gasteiger partial charge in [-0.15, -0.1) is 0 Å². The lowest BCUT2D eigenvalue weighted by atomic mass is 10.1. The molecule has 0 bridgehead atoms. The van der Waals surface area contributed by atoms with E-state index in [1.165, 1.54) is 7.11 Å². The molecule has 1 rings (SSSR count). The SMILES string of the molecule is COc1cc(Cl)c(C)cc1NC(=O)CCCCCNC(N)=O. The fourth-order valence-corrected chi connectivity index (χ4v) is 2.10. The Morgan fingerprint density at radius 1 is 1.27 bits per heavy atom. The molecular weight excluding hydrogens is 306 g/mol. The molecule has 0 saturated carbocycles. The van der Waals surface area contributed by atoms with Crippen molar-refractivity contribution in [2.24, 2.45) is 5.73 Å². The van der Waals surface area contributed by atoms with Crippen molar-refractivity contribution in [1.29, 1.82) is 0 Å². The van der Waals surface area contributed by atoms with Crippen molar-refractivity contribution in [3.05, 3.63) is 22.7 Å². The van der Waals surface area contributed by atoms with Crippen LogP contribution in [-0.4, -0.2) is 25.6 Å². The summed E-state index contributed by atoms with van der Waals surface area (Å²) in [6.45, 7) is 2.39. The number of anilines is 1. The summed E-state index contributed by atoms with van der Waals surface area (Å²) >= 11 is 6.02. The predicted octanol–water partition coefficient (Wildman–Crippen LogP) is 2.82. The van der Waals surface area contributed by atoms with Gasteiger partial charge in [0.1, 0.15) is 5.75 Å². The maximum Gasteiger partial charge on any atom is 0.312 e. The first-order valence-corrected chi connectivity index (χ1v) is 7.49. The van der Waals surface area contributed by atoms with E-state index in [-0.39, 0.29) is 5.91 Å². The van der Waals surface area contributed by atoms with Gasteiger partial charge < -0.3 is 21.1 Å². The van der Waals surface area contributed by atoms with Crippen molar-refractivity contribution in [3.8, 4) is 5.75 Å². The van der Waals surface area contributed by atoms with Crippen molar-refractivity contribution >= 4 is 29.2 Å². The normalized spacial score (nSPS) is 10.1. The highest BCUT2D eigenvalue weighted by atomic mass is 35.5. The quantitative estimate of drug-likeness (QED) is 0.641. The lowest BCUT2D eigenvalue weighted by molar-refractivity contribution is -0.116. The summed E-state index contributed by atoms with van der Waals surface area (Å²) in [6.07, 6.45) is 2.77. The molecule has 1 aromatic rings. The molecule has 0 aliphatic carbocycles. The maximum absolute atomic E-state index is 11.9. The highest BCUT2D eigenvalue weighted by molar-refractivity contribution is 6.31. The summed E-state index contributed by atoms with van der Waals surface area (Å²) < 4.78 is 5.21. The van der Waals surface area contributed by atoms with E-state index in [2.05, 4.69) is 10.6 Å². The second-order valence-corrected chi connectivity index (χ2v) is 5.36. The van der Waals surface area contributed by atoms with Crippen LogP contribution in [0.15, 0.2) is 12.1 Å². The molecule has 7 heteroatoms. The van der Waals surface area contributed by atoms with Crippen LogP contribution in [0.1, 0.15) is 31.2 Å². The van der Waals surface area contributed by atoms with Crippen LogP contribution < -0.4 is 21.1 Å². The van der Waals surface area contributed by atoms with Gasteiger partial charge in [-0.1, -0.05) is 18.0 Å². The van der Waals surface area contributed by atoms with Gasteiger partial charge in [0.05, 0.1) is 12.8 Å². The lowest BCUT2D eigenvalue weighted by Gasteiger charge is -2.12. The van der Waals surface area contributed by atoms with Crippen LogP contribution in [-0.2, 0) is 4.79 Å². The summed E-state index contributed by atoms with van der Waals surface area (Å²) in [6, 6.07) is 2.95. The Labute approximate surface area is 135 Å². The molecule has 1 aromatic carbocycles. The van der Waals surface area contributed by atoms with E-state index in [4.69, 9.17) is 22.1 Å². The number of aryl methyl sites for hydroxylation is 1. The Kier molecular flexibility index (Phi) is 7.52. The number of benzene rings is 1. The summed E-state index contributed by atoms with van der Waals surface area (Å²) in [7, 11) is 1.53. The molecule has 0 aliphatic rings. The van der Waals surface area contributed by atoms with Crippen LogP contribution in [0.2, 0.25) is 5.02 Å². The van der Waals surface area contributed by atoms with Crippen LogP contribution in [0.25, 0.3) is 0 Å². The van der Waals surface area contributed by atoms with Crippen molar-refractivity contribution in [2.45, 2.75) is 32.6 Å². The molecule has 22 heavy (non-hydrogen) atoms. The smallest absolute Gasteiger partial charge is 0.312 e. The molecule has 0 heterocycles. The van der Waals surface area contributed by atoms with Crippen LogP contribution >= 0.6 is 11.6 Å². The second kappa shape index (κ2) is 9.15. The Balaban J connectivity index is 2.39. The number of primary amides is 1. The molecule has 4 N–H and O–H groups in total. The highest BCUT2D eigenvalue weighted by Gasteiger charge is 2.10. The van der Waals surface area contributed by atoms with Gasteiger partial charge in [0, 0.05) is 24.1 Å². The molecule has 6 nitrogen and oxygen atoms in total. The first kappa shape index (κ1) is 18.1. The monoisotopic (exact) mass is 327 g/mol. The average molecular weight is 328 g/mol. The number of unbranched alkanes of at least 4 members (excludes halogenated alkanes) is 2. The van der Waals surface area contributed by atoms with Crippen molar-refractivity contribution in [3.63, 3.8) is 0 Å². The van der Waals surface area contributed by atoms with E-state index in [1.807, 2.05) is 6.92 Å². The average Bonchev–Trinajstić information content (AvgIpc) is 2.46. The number of rotatable bonds is 8. The maximum atomic E-state index is 11.9. The minimum atomic E-state index is -0.525. The molecule has 3 amide bonds. The van der Waals surface area contributed by atoms with Crippen LogP contribution in [0, 0.1) is 6.92 Å². The number of nitrogens with two attached hydrogens (primary N) is 1. The summed E-state index contributed by atoms with van der Waals surface area (Å²) in [5.74, 6) is 0.456. The second-order valence-electron chi connectivity index (χ2n) is 4.95. The summed E-state index contributed by atoms with van der Waals surface area (Å²) in [4.78, 5) is 22.4. The summed E-state index contributed by atoms with van der Waals surface area (Å²) in [5, 5.41) is 5.93. The van der Waals surface area contributed by atoms with Crippen LogP contribution in [0.5, 0.6) is 5.75 Å². The minimum absolute atomic E-state index is 0.0807. The zero-order valence-electron chi connectivity index (χ0n) is 12.9. The van der Waals surface area contributed by atoms with E-state index in [0.717, 1.165) is 24.8 Å². The number of hydrogen-bond donors (Lipinski definition) is 3. The molecule has 0 atom stereocenters. The largest absolute Gasteiger partial charge is 0.495 e. The fourth-order valence-electron chi connectivity index (χ4n) is 1.94. The number of halogens is 1. The van der Waals surface area contributed by atoms with Gasteiger partial charge in [0.2, 0.25) is 5.91 Å². The van der Waals surface area contributed by atoms with Crippen molar-refractivity contribution < 1.29 is 14.3 Å². The van der Waals surface area contributed by atoms with Gasteiger partial charge in [0.25, 0.3) is 0 Å². The van der Waals surface area contributed by atoms with E-state index < -0.39 is 6.03 Å². The number of carbonyl (C=O) groups excluding carboxylic acids is 2. The molecule has 0 saturated heterocycles. The van der Waals surface area contributed by atoms with E-state index in [9.17, 15) is 9.59 Å². The molecule has 0 unspecified atom stereocenters. The first-order chi connectivity index (χ1) is 10.4. The molecule has 122 valence electrons. The number of carbonyl (C=O) groups is 2. The van der Waals surface area contributed by atoms with Gasteiger partial charge in [-0.25, -0.2) is 4.79 Å². The minimum Gasteiger partial charge on any atom is -0.495 e. The van der Waals surface area contributed by atoms with Crippen LogP contribution in [0.3, 0.4) is 0 Å². The van der Waals surface area contributed by atoms with Gasteiger partial charge in [-0.2, -0.15) is 0 Å². The van der Waals surface area contributed by atoms with E-state index in [1.54, 1.807) is 12.1 Å². The topological polar surface area (TPSA) is 93.4 Å². The van der Waals surface area contributed by atoms with Gasteiger partial charge in [-0.3, -0.25) is 4.79 Å². The first-order valence-electron chi connectivity index (χ1n) is 7.11. The number of amides is 3. The number of methoxy groups -OCH3 is 1. The number of ether oxygens (including phenoxy) is 1. The Morgan fingerprint density at radius 2 is 2.00 bits per heavy atom. The fraction of sp³-hybridized carbons (Fsp3) is 0.467. The number of hydrogen-bond acceptors (Lipinski definition) is 3. The molecular formula is C15H22ClN3O3. The molecule has 0 spiro atoms. The Hall–Kier alpha value is -1.95. The van der Waals surface area contributed by atoms with Crippen LogP contribution in [0.4, 0.5) is 10.5 Å². The van der Waals surface area contributed by atoms with Gasteiger partial charge in [-0.05, 0) is 31.4 Å². The third-order valence-corrected chi connectivity index (χ3v) is 3.54. The number of urea groups is 1. The van der Waals surface area contributed by atoms with Gasteiger partial charge in [0.15, 0.2) is 0 Å². The third-order valence-electron chi connectivity index (χ3n) is 3.13. The van der Waals surface area contributed by atoms with E-state index in [0.29, 0.717) is 29.4 Å². The Bertz CT molecular complexity index is 535. The van der Waals surface area contributed by atoms with E-state index >= 15 is 0 Å². The highest BCUT2D eigenvalue weighted by Crippen LogP contribution is 2.31. The Morgan fingerprint density at radius 3 is 2.64 bits per heavy atom. The molecule has 0 fully saturated rings.